The fraction of sp³-hybridized carbons (Fsp3) is 0.444. The van der Waals surface area contributed by atoms with Crippen LogP contribution in [0.1, 0.15) is 35.5 Å². The number of nitrogens with one attached hydrogen (secondary N) is 1. The highest BCUT2D eigenvalue weighted by atomic mass is 32.1. The number of thiazole rings is 1. The zero-order valence-electron chi connectivity index (χ0n) is 14.5. The summed E-state index contributed by atoms with van der Waals surface area (Å²) in [5, 5.41) is 4.03. The minimum Gasteiger partial charge on any atom is -0.338 e. The third-order valence-electron chi connectivity index (χ3n) is 4.07. The van der Waals surface area contributed by atoms with Crippen LogP contribution in [0.15, 0.2) is 24.3 Å². The quantitative estimate of drug-likeness (QED) is 0.880. The Hall–Kier alpha value is -1.72. The molecule has 1 atom stereocenters. The molecule has 124 valence electrons. The Balaban J connectivity index is 2.19. The van der Waals surface area contributed by atoms with Crippen LogP contribution in [-0.4, -0.2) is 36.4 Å². The van der Waals surface area contributed by atoms with Gasteiger partial charge in [-0.15, -0.1) is 11.3 Å². The molecule has 1 heterocycles. The minimum absolute atomic E-state index is 0.0380. The maximum Gasteiger partial charge on any atom is 0.224 e. The first-order valence-corrected chi connectivity index (χ1v) is 8.70. The molecular formula is C18H25N3OS. The lowest BCUT2D eigenvalue weighted by Crippen LogP contribution is -2.31. The number of rotatable bonds is 6. The molecule has 1 aromatic carbocycles. The summed E-state index contributed by atoms with van der Waals surface area (Å²) < 4.78 is 0. The highest BCUT2D eigenvalue weighted by molar-refractivity contribution is 7.15. The molecule has 23 heavy (non-hydrogen) atoms. The molecule has 1 amide bonds. The predicted octanol–water partition coefficient (Wildman–Crippen LogP) is 3.56. The Morgan fingerprint density at radius 2 is 1.96 bits per heavy atom. The van der Waals surface area contributed by atoms with E-state index in [1.165, 1.54) is 5.56 Å². The van der Waals surface area contributed by atoms with Gasteiger partial charge in [-0.1, -0.05) is 29.8 Å². The molecule has 0 spiro atoms. The average Bonchev–Trinajstić information content (AvgIpc) is 2.93. The van der Waals surface area contributed by atoms with Gasteiger partial charge in [-0.05, 0) is 27.8 Å². The first kappa shape index (κ1) is 17.6. The summed E-state index contributed by atoms with van der Waals surface area (Å²) in [6.07, 6.45) is 0.514. The molecule has 1 aromatic heterocycles. The normalized spacial score (nSPS) is 12.2. The minimum atomic E-state index is 0.0380. The van der Waals surface area contributed by atoms with Crippen molar-refractivity contribution in [1.82, 2.24) is 15.2 Å². The Kier molecular flexibility index (Phi) is 5.91. The lowest BCUT2D eigenvalue weighted by atomic mass is 10.1. The molecule has 0 aliphatic heterocycles. The average molecular weight is 331 g/mol. The second-order valence-electron chi connectivity index (χ2n) is 5.87. The van der Waals surface area contributed by atoms with E-state index in [1.807, 2.05) is 25.9 Å². The van der Waals surface area contributed by atoms with Gasteiger partial charge in [0, 0.05) is 25.6 Å². The second-order valence-corrected chi connectivity index (χ2v) is 6.90. The van der Waals surface area contributed by atoms with Gasteiger partial charge < -0.3 is 10.2 Å². The van der Waals surface area contributed by atoms with E-state index in [2.05, 4.69) is 43.4 Å². The second kappa shape index (κ2) is 7.70. The third kappa shape index (κ3) is 4.18. The topological polar surface area (TPSA) is 45.2 Å². The summed E-state index contributed by atoms with van der Waals surface area (Å²) in [5.41, 5.74) is 3.38. The lowest BCUT2D eigenvalue weighted by molar-refractivity contribution is -0.131. The van der Waals surface area contributed by atoms with Crippen molar-refractivity contribution >= 4 is 17.2 Å². The molecule has 0 aliphatic rings. The Morgan fingerprint density at radius 3 is 2.57 bits per heavy atom. The van der Waals surface area contributed by atoms with Crippen LogP contribution >= 0.6 is 11.3 Å². The summed E-state index contributed by atoms with van der Waals surface area (Å²) in [6, 6.07) is 8.44. The van der Waals surface area contributed by atoms with Crippen molar-refractivity contribution in [1.29, 1.82) is 0 Å². The van der Waals surface area contributed by atoms with Crippen LogP contribution in [-0.2, 0) is 4.79 Å². The van der Waals surface area contributed by atoms with E-state index >= 15 is 0 Å². The molecule has 4 nitrogen and oxygen atoms in total. The zero-order chi connectivity index (χ0) is 17.0. The van der Waals surface area contributed by atoms with E-state index in [0.29, 0.717) is 13.0 Å². The largest absolute Gasteiger partial charge is 0.338 e. The Labute approximate surface area is 142 Å². The first-order valence-electron chi connectivity index (χ1n) is 7.88. The highest BCUT2D eigenvalue weighted by Gasteiger charge is 2.22. The number of nitrogens with zero attached hydrogens (tertiary/aromatic N) is 2. The fourth-order valence-electron chi connectivity index (χ4n) is 2.42. The van der Waals surface area contributed by atoms with Crippen molar-refractivity contribution in [2.24, 2.45) is 0 Å². The molecule has 2 aromatic rings. The standard InChI is InChI=1S/C18H25N3OS/c1-12-6-8-15(9-7-12)18-20-13(2)17(23-18)14(3)21(5)16(22)10-11-19-4/h6-9,14,19H,10-11H2,1-5H3. The van der Waals surface area contributed by atoms with E-state index in [1.54, 1.807) is 11.3 Å². The summed E-state index contributed by atoms with van der Waals surface area (Å²) in [6.45, 7) is 6.87. The van der Waals surface area contributed by atoms with Crippen molar-refractivity contribution < 1.29 is 4.79 Å². The molecule has 5 heteroatoms. The van der Waals surface area contributed by atoms with Gasteiger partial charge in [0.1, 0.15) is 5.01 Å². The third-order valence-corrected chi connectivity index (χ3v) is 5.45. The molecule has 2 rings (SSSR count). The number of hydrogen-bond donors (Lipinski definition) is 1. The fourth-order valence-corrected chi connectivity index (χ4v) is 3.58. The van der Waals surface area contributed by atoms with Gasteiger partial charge in [0.05, 0.1) is 16.6 Å². The van der Waals surface area contributed by atoms with E-state index in [4.69, 9.17) is 4.98 Å². The van der Waals surface area contributed by atoms with Gasteiger partial charge in [-0.2, -0.15) is 0 Å². The number of carbonyl (C=O) groups is 1. The summed E-state index contributed by atoms with van der Waals surface area (Å²) in [7, 11) is 3.73. The van der Waals surface area contributed by atoms with Crippen LogP contribution in [0.4, 0.5) is 0 Å². The van der Waals surface area contributed by atoms with Crippen LogP contribution in [0.3, 0.4) is 0 Å². The van der Waals surface area contributed by atoms with Crippen molar-refractivity contribution in [2.45, 2.75) is 33.2 Å². The van der Waals surface area contributed by atoms with Gasteiger partial charge in [0.25, 0.3) is 0 Å². The number of amides is 1. The van der Waals surface area contributed by atoms with Crippen LogP contribution in [0, 0.1) is 13.8 Å². The number of carbonyl (C=O) groups excluding carboxylic acids is 1. The molecule has 1 unspecified atom stereocenters. The summed E-state index contributed by atoms with van der Waals surface area (Å²) in [4.78, 5) is 19.9. The van der Waals surface area contributed by atoms with Crippen molar-refractivity contribution in [3.8, 4) is 10.6 Å². The first-order chi connectivity index (χ1) is 10.9. The van der Waals surface area contributed by atoms with E-state index in [9.17, 15) is 4.79 Å². The predicted molar refractivity (Wildman–Crippen MR) is 96.8 cm³/mol. The van der Waals surface area contributed by atoms with E-state index in [-0.39, 0.29) is 11.9 Å². The molecule has 0 fully saturated rings. The molecule has 0 saturated heterocycles. The highest BCUT2D eigenvalue weighted by Crippen LogP contribution is 2.34. The van der Waals surface area contributed by atoms with Crippen molar-refractivity contribution in [3.63, 3.8) is 0 Å². The lowest BCUT2D eigenvalue weighted by Gasteiger charge is -2.24. The molecule has 0 saturated carbocycles. The van der Waals surface area contributed by atoms with Gasteiger partial charge >= 0.3 is 0 Å². The zero-order valence-corrected chi connectivity index (χ0v) is 15.3. The number of benzene rings is 1. The molecule has 1 N–H and O–H groups in total. The Bertz CT molecular complexity index is 663. The van der Waals surface area contributed by atoms with Gasteiger partial charge in [0.2, 0.25) is 5.91 Å². The van der Waals surface area contributed by atoms with Gasteiger partial charge in [-0.3, -0.25) is 4.79 Å². The number of hydrogen-bond acceptors (Lipinski definition) is 4. The smallest absolute Gasteiger partial charge is 0.224 e. The SMILES string of the molecule is CNCCC(=O)N(C)C(C)c1sc(-c2ccc(C)cc2)nc1C. The molecular weight excluding hydrogens is 306 g/mol. The summed E-state index contributed by atoms with van der Waals surface area (Å²) in [5.74, 6) is 0.150. The number of aromatic nitrogens is 1. The van der Waals surface area contributed by atoms with E-state index < -0.39 is 0 Å². The molecule has 0 radical (unpaired) electrons. The Morgan fingerprint density at radius 1 is 1.30 bits per heavy atom. The van der Waals surface area contributed by atoms with E-state index in [0.717, 1.165) is 21.1 Å². The molecule has 0 aliphatic carbocycles. The van der Waals surface area contributed by atoms with Crippen LogP contribution in [0.2, 0.25) is 0 Å². The van der Waals surface area contributed by atoms with Gasteiger partial charge in [0.15, 0.2) is 0 Å². The van der Waals surface area contributed by atoms with Gasteiger partial charge in [-0.25, -0.2) is 4.98 Å². The van der Waals surface area contributed by atoms with Crippen LogP contribution < -0.4 is 5.32 Å². The summed E-state index contributed by atoms with van der Waals surface area (Å²) >= 11 is 1.68. The van der Waals surface area contributed by atoms with Crippen LogP contribution in [0.25, 0.3) is 10.6 Å². The van der Waals surface area contributed by atoms with Crippen LogP contribution in [0.5, 0.6) is 0 Å². The maximum atomic E-state index is 12.2. The monoisotopic (exact) mass is 331 g/mol. The van der Waals surface area contributed by atoms with Crippen molar-refractivity contribution in [3.05, 3.63) is 40.4 Å². The molecule has 0 bridgehead atoms. The number of aryl methyl sites for hydroxylation is 2. The maximum absolute atomic E-state index is 12.2. The van der Waals surface area contributed by atoms with Crippen molar-refractivity contribution in [2.75, 3.05) is 20.6 Å².